The molecule has 0 saturated heterocycles. The maximum Gasteiger partial charge on any atom is 0.337 e. The van der Waals surface area contributed by atoms with Crippen molar-refractivity contribution >= 4 is 38.0 Å². The molecule has 13 heavy (non-hydrogen) atoms. The molecule has 0 spiro atoms. The molecule has 0 aliphatic rings. The molecule has 0 bridgehead atoms. The lowest BCUT2D eigenvalue weighted by Crippen LogP contribution is -1.92. The second kappa shape index (κ2) is 2.83. The molecule has 2 aromatic rings. The van der Waals surface area contributed by atoms with Gasteiger partial charge in [-0.05, 0) is 6.07 Å². The monoisotopic (exact) mass is 209 g/mol. The Morgan fingerprint density at radius 3 is 3.00 bits per heavy atom. The molecule has 1 N–H and O–H groups in total. The molecular weight excluding hydrogens is 206 g/mol. The van der Waals surface area contributed by atoms with Crippen LogP contribution in [0.25, 0.3) is 9.40 Å². The van der Waals surface area contributed by atoms with Gasteiger partial charge in [0.15, 0.2) is 0 Å². The molecule has 0 amide bonds. The van der Waals surface area contributed by atoms with E-state index in [9.17, 15) is 4.79 Å². The van der Waals surface area contributed by atoms with Gasteiger partial charge in [0, 0.05) is 10.8 Å². The molecule has 64 valence electrons. The van der Waals surface area contributed by atoms with Crippen LogP contribution in [0.15, 0.2) is 11.4 Å². The van der Waals surface area contributed by atoms with Crippen LogP contribution in [-0.4, -0.2) is 11.1 Å². The summed E-state index contributed by atoms with van der Waals surface area (Å²) < 4.78 is 0.897. The van der Waals surface area contributed by atoms with E-state index in [1.54, 1.807) is 11.4 Å². The number of nitrogens with zero attached hydrogens (tertiary/aromatic N) is 1. The van der Waals surface area contributed by atoms with Gasteiger partial charge in [-0.2, -0.15) is 5.26 Å². The van der Waals surface area contributed by atoms with Crippen LogP contribution in [0.3, 0.4) is 0 Å². The van der Waals surface area contributed by atoms with Crippen LogP contribution in [0.1, 0.15) is 15.2 Å². The summed E-state index contributed by atoms with van der Waals surface area (Å²) in [5.74, 6) is -0.937. The van der Waals surface area contributed by atoms with Crippen molar-refractivity contribution in [2.45, 2.75) is 0 Å². The van der Waals surface area contributed by atoms with Gasteiger partial charge in [-0.15, -0.1) is 22.7 Å². The Morgan fingerprint density at radius 2 is 2.38 bits per heavy atom. The summed E-state index contributed by atoms with van der Waals surface area (Å²) in [4.78, 5) is 11.3. The van der Waals surface area contributed by atoms with Crippen molar-refractivity contribution in [3.63, 3.8) is 0 Å². The van der Waals surface area contributed by atoms with Crippen molar-refractivity contribution in [1.29, 1.82) is 5.26 Å². The summed E-state index contributed by atoms with van der Waals surface area (Å²) in [6.07, 6.45) is 0. The molecule has 0 unspecified atom stereocenters. The fourth-order valence-corrected chi connectivity index (χ4v) is 3.10. The first-order valence-electron chi connectivity index (χ1n) is 3.37. The van der Waals surface area contributed by atoms with E-state index in [1.807, 2.05) is 6.07 Å². The lowest BCUT2D eigenvalue weighted by Gasteiger charge is -1.84. The Morgan fingerprint density at radius 1 is 1.62 bits per heavy atom. The van der Waals surface area contributed by atoms with Crippen LogP contribution in [0.5, 0.6) is 0 Å². The molecule has 0 fully saturated rings. The van der Waals surface area contributed by atoms with Crippen LogP contribution >= 0.6 is 22.7 Å². The van der Waals surface area contributed by atoms with Crippen molar-refractivity contribution < 1.29 is 9.90 Å². The highest BCUT2D eigenvalue weighted by Crippen LogP contribution is 2.33. The minimum atomic E-state index is -0.937. The summed E-state index contributed by atoms with van der Waals surface area (Å²) in [6, 6.07) is 3.63. The molecule has 2 aromatic heterocycles. The van der Waals surface area contributed by atoms with Crippen LogP contribution in [-0.2, 0) is 0 Å². The van der Waals surface area contributed by atoms with Crippen molar-refractivity contribution in [3.8, 4) is 6.07 Å². The average molecular weight is 209 g/mol. The van der Waals surface area contributed by atoms with E-state index in [0.717, 1.165) is 4.01 Å². The van der Waals surface area contributed by atoms with Crippen LogP contribution in [0.4, 0.5) is 0 Å². The first kappa shape index (κ1) is 8.23. The van der Waals surface area contributed by atoms with Crippen molar-refractivity contribution in [2.24, 2.45) is 0 Å². The highest BCUT2D eigenvalue weighted by atomic mass is 32.2. The van der Waals surface area contributed by atoms with E-state index in [4.69, 9.17) is 10.4 Å². The topological polar surface area (TPSA) is 61.1 Å². The summed E-state index contributed by atoms with van der Waals surface area (Å²) in [7, 11) is 0. The second-order valence-corrected chi connectivity index (χ2v) is 4.57. The van der Waals surface area contributed by atoms with Gasteiger partial charge in [-0.25, -0.2) is 4.79 Å². The largest absolute Gasteiger partial charge is 0.478 e. The smallest absolute Gasteiger partial charge is 0.337 e. The van der Waals surface area contributed by atoms with E-state index in [1.165, 1.54) is 22.7 Å². The van der Waals surface area contributed by atoms with Gasteiger partial charge in [0.2, 0.25) is 0 Å². The van der Waals surface area contributed by atoms with Crippen LogP contribution in [0, 0.1) is 11.3 Å². The van der Waals surface area contributed by atoms with Gasteiger partial charge in [0.05, 0.1) is 9.58 Å². The average Bonchev–Trinajstić information content (AvgIpc) is 2.59. The first-order valence-corrected chi connectivity index (χ1v) is 5.06. The molecule has 3 nitrogen and oxygen atoms in total. The summed E-state index contributed by atoms with van der Waals surface area (Å²) in [6.45, 7) is 0. The fourth-order valence-electron chi connectivity index (χ4n) is 1.05. The number of aromatic carboxylic acids is 1. The Bertz CT molecular complexity index is 518. The van der Waals surface area contributed by atoms with Crippen molar-refractivity contribution in [1.82, 2.24) is 0 Å². The second-order valence-electron chi connectivity index (χ2n) is 2.38. The zero-order valence-corrected chi connectivity index (χ0v) is 7.91. The number of rotatable bonds is 1. The normalized spacial score (nSPS) is 10.1. The molecule has 0 atom stereocenters. The minimum Gasteiger partial charge on any atom is -0.478 e. The summed E-state index contributed by atoms with van der Waals surface area (Å²) in [5.41, 5.74) is 0.290. The summed E-state index contributed by atoms with van der Waals surface area (Å²) in [5, 5.41) is 19.7. The summed E-state index contributed by atoms with van der Waals surface area (Å²) >= 11 is 2.69. The zero-order chi connectivity index (χ0) is 9.42. The van der Waals surface area contributed by atoms with Gasteiger partial charge in [-0.3, -0.25) is 0 Å². The number of fused-ring (bicyclic) bond motifs is 1. The van der Waals surface area contributed by atoms with E-state index in [2.05, 4.69) is 0 Å². The third kappa shape index (κ3) is 1.20. The number of carboxylic acids is 1. The standard InChI is InChI=1S/C8H3NO2S2/c9-2-4-1-5-6(7(10)11)3-12-8(5)13-4/h1,3H,(H,10,11). The van der Waals surface area contributed by atoms with Crippen LogP contribution in [0.2, 0.25) is 0 Å². The highest BCUT2D eigenvalue weighted by molar-refractivity contribution is 7.38. The molecule has 0 saturated carbocycles. The molecule has 0 aliphatic heterocycles. The maximum atomic E-state index is 10.7. The molecule has 5 heteroatoms. The predicted octanol–water partition coefficient (Wildman–Crippen LogP) is 2.53. The third-order valence-electron chi connectivity index (χ3n) is 1.61. The maximum absolute atomic E-state index is 10.7. The van der Waals surface area contributed by atoms with Gasteiger partial charge < -0.3 is 5.11 Å². The van der Waals surface area contributed by atoms with Gasteiger partial charge in [0.25, 0.3) is 0 Å². The molecule has 0 aliphatic carbocycles. The minimum absolute atomic E-state index is 0.290. The molecule has 2 rings (SSSR count). The Kier molecular flexibility index (Phi) is 1.79. The Balaban J connectivity index is 2.74. The zero-order valence-electron chi connectivity index (χ0n) is 6.27. The fraction of sp³-hybridized carbons (Fsp3) is 0. The highest BCUT2D eigenvalue weighted by Gasteiger charge is 2.13. The predicted molar refractivity (Wildman–Crippen MR) is 51.4 cm³/mol. The molecule has 2 heterocycles. The van der Waals surface area contributed by atoms with Crippen molar-refractivity contribution in [2.75, 3.05) is 0 Å². The molecule has 0 radical (unpaired) electrons. The molecular formula is C8H3NO2S2. The first-order chi connectivity index (χ1) is 6.22. The number of carbonyl (C=O) groups is 1. The third-order valence-corrected chi connectivity index (χ3v) is 3.77. The number of hydrogen-bond donors (Lipinski definition) is 1. The number of hydrogen-bond acceptors (Lipinski definition) is 4. The number of nitriles is 1. The van der Waals surface area contributed by atoms with E-state index >= 15 is 0 Å². The molecule has 0 aromatic carbocycles. The van der Waals surface area contributed by atoms with Crippen molar-refractivity contribution in [3.05, 3.63) is 21.9 Å². The van der Waals surface area contributed by atoms with Crippen LogP contribution < -0.4 is 0 Å². The SMILES string of the molecule is N#Cc1cc2c(C(=O)O)csc2s1. The van der Waals surface area contributed by atoms with E-state index in [0.29, 0.717) is 10.3 Å². The lowest BCUT2D eigenvalue weighted by molar-refractivity contribution is 0.0699. The van der Waals surface area contributed by atoms with E-state index in [-0.39, 0.29) is 5.56 Å². The Hall–Kier alpha value is -1.38. The van der Waals surface area contributed by atoms with Gasteiger partial charge in [0.1, 0.15) is 10.9 Å². The van der Waals surface area contributed by atoms with Gasteiger partial charge in [-0.1, -0.05) is 0 Å². The lowest BCUT2D eigenvalue weighted by atomic mass is 10.2. The Labute approximate surface area is 81.5 Å². The quantitative estimate of drug-likeness (QED) is 0.785. The number of thiophene rings is 2. The number of carboxylic acid groups (broad SMARTS) is 1. The van der Waals surface area contributed by atoms with E-state index < -0.39 is 5.97 Å². The van der Waals surface area contributed by atoms with Gasteiger partial charge >= 0.3 is 5.97 Å².